The van der Waals surface area contributed by atoms with Crippen molar-refractivity contribution in [3.63, 3.8) is 0 Å². The highest BCUT2D eigenvalue weighted by Crippen LogP contribution is 2.24. The van der Waals surface area contributed by atoms with E-state index in [1.54, 1.807) is 0 Å². The van der Waals surface area contributed by atoms with Crippen LogP contribution in [0.3, 0.4) is 0 Å². The van der Waals surface area contributed by atoms with E-state index in [1.165, 1.54) is 6.07 Å². The van der Waals surface area contributed by atoms with E-state index >= 15 is 0 Å². The monoisotopic (exact) mass is 265 g/mol. The molecule has 13 heavy (non-hydrogen) atoms. The molecule has 0 amide bonds. The number of Topliss-reactive ketones (excluding diaryl/α,β-unsaturated/α-hetero) is 1. The van der Waals surface area contributed by atoms with E-state index in [0.717, 1.165) is 6.07 Å². The first-order valence-corrected chi connectivity index (χ1v) is 4.72. The lowest BCUT2D eigenvalue weighted by atomic mass is 10.1. The van der Waals surface area contributed by atoms with E-state index in [0.29, 0.717) is 0 Å². The van der Waals surface area contributed by atoms with Gasteiger partial charge >= 0.3 is 0 Å². The molecule has 1 aromatic rings. The summed E-state index contributed by atoms with van der Waals surface area (Å²) in [5.74, 6) is -1.12. The van der Waals surface area contributed by atoms with Gasteiger partial charge in [0.15, 0.2) is 5.78 Å². The summed E-state index contributed by atoms with van der Waals surface area (Å²) < 4.78 is 13.1. The van der Waals surface area contributed by atoms with Crippen LogP contribution in [0.4, 0.5) is 10.1 Å². The van der Waals surface area contributed by atoms with Gasteiger partial charge in [0.2, 0.25) is 0 Å². The Labute approximate surface area is 88.0 Å². The molecule has 1 rings (SSSR count). The Kier molecular flexibility index (Phi) is 3.27. The summed E-state index contributed by atoms with van der Waals surface area (Å²) in [6, 6.07) is 2.52. The van der Waals surface area contributed by atoms with Crippen molar-refractivity contribution in [1.29, 1.82) is 0 Å². The molecule has 0 saturated heterocycles. The van der Waals surface area contributed by atoms with Crippen molar-refractivity contribution in [3.05, 3.63) is 28.0 Å². The first kappa shape index (κ1) is 10.5. The van der Waals surface area contributed by atoms with Crippen molar-refractivity contribution >= 4 is 39.0 Å². The molecule has 0 heterocycles. The van der Waals surface area contributed by atoms with Crippen LogP contribution < -0.4 is 5.73 Å². The van der Waals surface area contributed by atoms with Crippen molar-refractivity contribution in [2.75, 3.05) is 11.6 Å². The lowest BCUT2D eigenvalue weighted by molar-refractivity contribution is 0.102. The molecular weight excluding hydrogens is 260 g/mol. The highest BCUT2D eigenvalue weighted by molar-refractivity contribution is 9.10. The number of halogens is 3. The van der Waals surface area contributed by atoms with Crippen LogP contribution in [0.1, 0.15) is 10.4 Å². The second kappa shape index (κ2) is 4.07. The first-order chi connectivity index (χ1) is 6.06. The maximum absolute atomic E-state index is 13.0. The van der Waals surface area contributed by atoms with Crippen molar-refractivity contribution in [1.82, 2.24) is 0 Å². The molecule has 0 spiro atoms. The quantitative estimate of drug-likeness (QED) is 0.508. The number of rotatable bonds is 2. The highest BCUT2D eigenvalue weighted by atomic mass is 79.9. The molecule has 0 fully saturated rings. The van der Waals surface area contributed by atoms with E-state index in [-0.39, 0.29) is 27.4 Å². The van der Waals surface area contributed by atoms with E-state index in [4.69, 9.17) is 17.3 Å². The number of nitrogens with two attached hydrogens (primary N) is 1. The summed E-state index contributed by atoms with van der Waals surface area (Å²) in [7, 11) is 0. The molecule has 0 aromatic heterocycles. The number of alkyl halides is 1. The summed E-state index contributed by atoms with van der Waals surface area (Å²) in [4.78, 5) is 11.2. The normalized spacial score (nSPS) is 10.1. The third kappa shape index (κ3) is 2.19. The minimum Gasteiger partial charge on any atom is -0.399 e. The van der Waals surface area contributed by atoms with Gasteiger partial charge in [-0.2, -0.15) is 0 Å². The Morgan fingerprint density at radius 3 is 2.77 bits per heavy atom. The van der Waals surface area contributed by atoms with Gasteiger partial charge in [-0.15, -0.1) is 11.6 Å². The van der Waals surface area contributed by atoms with Crippen molar-refractivity contribution < 1.29 is 9.18 Å². The Balaban J connectivity index is 3.28. The zero-order chi connectivity index (χ0) is 10.0. The fourth-order valence-electron chi connectivity index (χ4n) is 0.885. The van der Waals surface area contributed by atoms with Gasteiger partial charge in [-0.25, -0.2) is 4.39 Å². The maximum Gasteiger partial charge on any atom is 0.178 e. The third-order valence-corrected chi connectivity index (χ3v) is 2.52. The summed E-state index contributed by atoms with van der Waals surface area (Å²) in [6.07, 6.45) is 0. The Hall–Kier alpha value is -0.610. The number of nitrogen functional groups attached to an aromatic ring is 1. The second-order valence-corrected chi connectivity index (χ2v) is 3.48. The van der Waals surface area contributed by atoms with Crippen LogP contribution >= 0.6 is 27.5 Å². The van der Waals surface area contributed by atoms with Crippen molar-refractivity contribution in [3.8, 4) is 0 Å². The minimum atomic E-state index is -0.562. The molecule has 5 heteroatoms. The molecular formula is C8H6BrClFNO. The summed E-state index contributed by atoms with van der Waals surface area (Å²) in [5, 5.41) is 0. The molecule has 0 atom stereocenters. The number of carbonyl (C=O) groups is 1. The predicted octanol–water partition coefficient (Wildman–Crippen LogP) is 2.59. The SMILES string of the molecule is Nc1cc(F)c(Br)c(C(=O)CCl)c1. The van der Waals surface area contributed by atoms with Gasteiger partial charge in [-0.05, 0) is 28.1 Å². The summed E-state index contributed by atoms with van der Waals surface area (Å²) >= 11 is 8.28. The Bertz CT molecular complexity index is 356. The number of hydrogen-bond acceptors (Lipinski definition) is 2. The second-order valence-electron chi connectivity index (χ2n) is 2.42. The molecule has 0 bridgehead atoms. The van der Waals surface area contributed by atoms with Gasteiger partial charge in [0.25, 0.3) is 0 Å². The molecule has 0 aliphatic heterocycles. The van der Waals surface area contributed by atoms with Crippen LogP contribution in [-0.4, -0.2) is 11.7 Å². The molecule has 1 aromatic carbocycles. The molecule has 2 N–H and O–H groups in total. The van der Waals surface area contributed by atoms with Crippen LogP contribution in [0.5, 0.6) is 0 Å². The lowest BCUT2D eigenvalue weighted by Gasteiger charge is -2.03. The largest absolute Gasteiger partial charge is 0.399 e. The molecule has 0 unspecified atom stereocenters. The number of benzene rings is 1. The van der Waals surface area contributed by atoms with Gasteiger partial charge in [-0.3, -0.25) is 4.79 Å². The van der Waals surface area contributed by atoms with Gasteiger partial charge in [0, 0.05) is 11.3 Å². The molecule has 0 saturated carbocycles. The van der Waals surface area contributed by atoms with Gasteiger partial charge in [-0.1, -0.05) is 0 Å². The summed E-state index contributed by atoms with van der Waals surface area (Å²) in [6.45, 7) is 0. The smallest absolute Gasteiger partial charge is 0.178 e. The average molecular weight is 266 g/mol. The van der Waals surface area contributed by atoms with Gasteiger partial charge < -0.3 is 5.73 Å². The van der Waals surface area contributed by atoms with Crippen LogP contribution in [0.25, 0.3) is 0 Å². The fourth-order valence-corrected chi connectivity index (χ4v) is 1.48. The zero-order valence-corrected chi connectivity index (χ0v) is 8.82. The minimum absolute atomic E-state index is 0.104. The van der Waals surface area contributed by atoms with Crippen LogP contribution in [0.2, 0.25) is 0 Å². The van der Waals surface area contributed by atoms with Crippen LogP contribution in [-0.2, 0) is 0 Å². The van der Waals surface area contributed by atoms with E-state index < -0.39 is 5.82 Å². The number of hydrogen-bond donors (Lipinski definition) is 1. The molecule has 2 nitrogen and oxygen atoms in total. The number of carbonyl (C=O) groups excluding carboxylic acids is 1. The van der Waals surface area contributed by atoms with Gasteiger partial charge in [0.05, 0.1) is 10.4 Å². The van der Waals surface area contributed by atoms with Crippen LogP contribution in [0.15, 0.2) is 16.6 Å². The standard InChI is InChI=1S/C8H6BrClFNO/c9-8-5(7(13)3-10)1-4(12)2-6(8)11/h1-2H,3,12H2. The lowest BCUT2D eigenvalue weighted by Crippen LogP contribution is -2.04. The molecule has 0 radical (unpaired) electrons. The van der Waals surface area contributed by atoms with E-state index in [1.807, 2.05) is 0 Å². The average Bonchev–Trinajstić information content (AvgIpc) is 2.10. The Morgan fingerprint density at radius 1 is 1.62 bits per heavy atom. The molecule has 0 aliphatic rings. The van der Waals surface area contributed by atoms with Crippen LogP contribution in [0, 0.1) is 5.82 Å². The zero-order valence-electron chi connectivity index (χ0n) is 6.48. The number of anilines is 1. The first-order valence-electron chi connectivity index (χ1n) is 3.40. The van der Waals surface area contributed by atoms with Gasteiger partial charge in [0.1, 0.15) is 5.82 Å². The van der Waals surface area contributed by atoms with E-state index in [2.05, 4.69) is 15.9 Å². The predicted molar refractivity (Wildman–Crippen MR) is 53.6 cm³/mol. The number of ketones is 1. The van der Waals surface area contributed by atoms with Crippen molar-refractivity contribution in [2.45, 2.75) is 0 Å². The third-order valence-electron chi connectivity index (χ3n) is 1.47. The Morgan fingerprint density at radius 2 is 2.23 bits per heavy atom. The molecule has 70 valence electrons. The molecule has 0 aliphatic carbocycles. The highest BCUT2D eigenvalue weighted by Gasteiger charge is 2.13. The van der Waals surface area contributed by atoms with E-state index in [9.17, 15) is 9.18 Å². The topological polar surface area (TPSA) is 43.1 Å². The van der Waals surface area contributed by atoms with Crippen molar-refractivity contribution in [2.24, 2.45) is 0 Å². The summed E-state index contributed by atoms with van der Waals surface area (Å²) in [5.41, 5.74) is 5.74. The fraction of sp³-hybridized carbons (Fsp3) is 0.125. The maximum atomic E-state index is 13.0.